The third-order valence-electron chi connectivity index (χ3n) is 6.30. The lowest BCUT2D eigenvalue weighted by molar-refractivity contribution is -0.137. The normalized spacial score (nSPS) is 10.9. The Labute approximate surface area is 224 Å². The maximum Gasteiger partial charge on any atom is 0.330 e. The van der Waals surface area contributed by atoms with Gasteiger partial charge in [-0.3, -0.25) is 4.79 Å². The highest BCUT2D eigenvalue weighted by atomic mass is 16.5. The minimum absolute atomic E-state index is 0.147. The van der Waals surface area contributed by atoms with Gasteiger partial charge in [0.05, 0.1) is 32.0 Å². The molecule has 0 spiro atoms. The number of benzene rings is 3. The van der Waals surface area contributed by atoms with Gasteiger partial charge in [-0.25, -0.2) is 4.79 Å². The second-order valence-corrected chi connectivity index (χ2v) is 8.93. The molecule has 0 heterocycles. The van der Waals surface area contributed by atoms with E-state index in [1.165, 1.54) is 39.6 Å². The van der Waals surface area contributed by atoms with Crippen molar-refractivity contribution in [2.75, 3.05) is 20.8 Å². The number of methoxy groups -OCH3 is 2. The molecule has 1 N–H and O–H groups in total. The van der Waals surface area contributed by atoms with Crippen LogP contribution in [0.1, 0.15) is 66.9 Å². The lowest BCUT2D eigenvalue weighted by Crippen LogP contribution is -2.04. The number of phenols is 1. The van der Waals surface area contributed by atoms with Crippen LogP contribution in [0.25, 0.3) is 17.2 Å². The molecule has 0 saturated heterocycles. The Bertz CT molecular complexity index is 1250. The zero-order valence-electron chi connectivity index (χ0n) is 22.4. The van der Waals surface area contributed by atoms with Crippen LogP contribution in [0.15, 0.2) is 66.7 Å². The fraction of sp³-hybridized carbons (Fsp3) is 0.312. The van der Waals surface area contributed by atoms with E-state index in [1.807, 2.05) is 6.07 Å². The summed E-state index contributed by atoms with van der Waals surface area (Å²) >= 11 is 0. The molecular weight excluding hydrogens is 480 g/mol. The zero-order valence-corrected chi connectivity index (χ0v) is 22.4. The van der Waals surface area contributed by atoms with E-state index in [-0.39, 0.29) is 17.1 Å². The minimum atomic E-state index is -0.429. The molecule has 3 aromatic rings. The van der Waals surface area contributed by atoms with E-state index in [4.69, 9.17) is 14.2 Å². The number of unbranched alkanes of at least 4 members (excludes halogenated alkanes) is 5. The van der Waals surface area contributed by atoms with Gasteiger partial charge in [-0.15, -0.1) is 0 Å². The van der Waals surface area contributed by atoms with E-state index < -0.39 is 5.97 Å². The molecule has 3 rings (SSSR count). The molecule has 6 nitrogen and oxygen atoms in total. The van der Waals surface area contributed by atoms with Gasteiger partial charge in [0.1, 0.15) is 17.2 Å². The van der Waals surface area contributed by atoms with Crippen molar-refractivity contribution in [3.8, 4) is 28.4 Å². The summed E-state index contributed by atoms with van der Waals surface area (Å²) in [5, 5.41) is 11.3. The van der Waals surface area contributed by atoms with Crippen LogP contribution in [0.5, 0.6) is 17.2 Å². The molecule has 0 amide bonds. The number of aromatic hydroxyl groups is 1. The third kappa shape index (κ3) is 7.25. The Balaban J connectivity index is 1.85. The van der Waals surface area contributed by atoms with Gasteiger partial charge in [-0.2, -0.15) is 0 Å². The van der Waals surface area contributed by atoms with Crippen LogP contribution in [0.2, 0.25) is 0 Å². The topological polar surface area (TPSA) is 82.1 Å². The fourth-order valence-corrected chi connectivity index (χ4v) is 4.30. The van der Waals surface area contributed by atoms with Gasteiger partial charge in [-0.1, -0.05) is 87.6 Å². The first-order valence-corrected chi connectivity index (χ1v) is 13.0. The lowest BCUT2D eigenvalue weighted by atomic mass is 9.94. The summed E-state index contributed by atoms with van der Waals surface area (Å²) in [5.41, 5.74) is 2.07. The van der Waals surface area contributed by atoms with Crippen molar-refractivity contribution in [2.24, 2.45) is 0 Å². The van der Waals surface area contributed by atoms with Gasteiger partial charge < -0.3 is 19.3 Å². The number of carbonyl (C=O) groups excluding carboxylic acids is 2. The average Bonchev–Trinajstić information content (AvgIpc) is 2.95. The van der Waals surface area contributed by atoms with Crippen molar-refractivity contribution in [2.45, 2.75) is 45.4 Å². The quantitative estimate of drug-likeness (QED) is 0.105. The van der Waals surface area contributed by atoms with Crippen molar-refractivity contribution in [1.29, 1.82) is 0 Å². The molecule has 0 aliphatic carbocycles. The van der Waals surface area contributed by atoms with E-state index in [9.17, 15) is 14.7 Å². The predicted octanol–water partition coefficient (Wildman–Crippen LogP) is 7.22. The van der Waals surface area contributed by atoms with Crippen LogP contribution in [-0.4, -0.2) is 37.7 Å². The number of para-hydroxylation sites is 1. The van der Waals surface area contributed by atoms with Crippen molar-refractivity contribution in [3.63, 3.8) is 0 Å². The molecule has 0 unspecified atom stereocenters. The summed E-state index contributed by atoms with van der Waals surface area (Å²) < 4.78 is 16.6. The average molecular weight is 517 g/mol. The maximum absolute atomic E-state index is 13.1. The Morgan fingerprint density at radius 2 is 1.58 bits per heavy atom. The molecule has 38 heavy (non-hydrogen) atoms. The number of hydrogen-bond donors (Lipinski definition) is 1. The largest absolute Gasteiger partial charge is 0.506 e. The summed E-state index contributed by atoms with van der Waals surface area (Å²) in [5.74, 6) is -0.150. The number of ketones is 1. The molecule has 0 aliphatic heterocycles. The highest BCUT2D eigenvalue weighted by Crippen LogP contribution is 2.45. The fourth-order valence-electron chi connectivity index (χ4n) is 4.30. The van der Waals surface area contributed by atoms with Crippen LogP contribution in [0.3, 0.4) is 0 Å². The van der Waals surface area contributed by atoms with E-state index in [0.29, 0.717) is 40.4 Å². The predicted molar refractivity (Wildman–Crippen MR) is 150 cm³/mol. The molecule has 0 bridgehead atoms. The van der Waals surface area contributed by atoms with E-state index >= 15 is 0 Å². The van der Waals surface area contributed by atoms with Crippen molar-refractivity contribution >= 4 is 17.8 Å². The molecule has 3 aromatic carbocycles. The maximum atomic E-state index is 13.1. The summed E-state index contributed by atoms with van der Waals surface area (Å²) in [6.07, 6.45) is 9.68. The van der Waals surface area contributed by atoms with Gasteiger partial charge >= 0.3 is 5.97 Å². The monoisotopic (exact) mass is 516 g/mol. The molecule has 0 fully saturated rings. The number of phenolic OH excluding ortho intramolecular Hbond substituents is 1. The Morgan fingerprint density at radius 1 is 0.842 bits per heavy atom. The highest BCUT2D eigenvalue weighted by Gasteiger charge is 2.23. The van der Waals surface area contributed by atoms with Gasteiger partial charge in [0, 0.05) is 22.8 Å². The van der Waals surface area contributed by atoms with Gasteiger partial charge in [0.2, 0.25) is 0 Å². The number of hydrogen-bond acceptors (Lipinski definition) is 6. The number of ether oxygens (including phenoxy) is 3. The van der Waals surface area contributed by atoms with Crippen LogP contribution < -0.4 is 9.47 Å². The summed E-state index contributed by atoms with van der Waals surface area (Å²) in [6, 6.07) is 17.3. The minimum Gasteiger partial charge on any atom is -0.506 e. The third-order valence-corrected chi connectivity index (χ3v) is 6.30. The standard InChI is InChI=1S/C32H36O6/c1-4-5-6-7-8-12-22-38-28(33)21-18-24-16-13-17-25(32(24)37-3)29-27(36-2)20-19-26(31(29)35)30(34)23-14-10-9-11-15-23/h9-11,13-21,35H,4-8,12,22H2,1-3H3/b21-18+. The van der Waals surface area contributed by atoms with Crippen molar-refractivity contribution < 1.29 is 28.9 Å². The summed E-state index contributed by atoms with van der Waals surface area (Å²) in [6.45, 7) is 2.57. The molecule has 0 radical (unpaired) electrons. The second kappa shape index (κ2) is 14.6. The molecule has 6 heteroatoms. The van der Waals surface area contributed by atoms with Gasteiger partial charge in [0.15, 0.2) is 5.78 Å². The van der Waals surface area contributed by atoms with Crippen LogP contribution in [0, 0.1) is 0 Å². The van der Waals surface area contributed by atoms with Gasteiger partial charge in [0.25, 0.3) is 0 Å². The molecule has 200 valence electrons. The Morgan fingerprint density at radius 3 is 2.29 bits per heavy atom. The molecule has 0 aliphatic rings. The smallest absolute Gasteiger partial charge is 0.330 e. The van der Waals surface area contributed by atoms with E-state index in [1.54, 1.807) is 60.7 Å². The van der Waals surface area contributed by atoms with Crippen molar-refractivity contribution in [3.05, 3.63) is 83.4 Å². The number of rotatable bonds is 14. The van der Waals surface area contributed by atoms with Gasteiger partial charge in [-0.05, 0) is 24.6 Å². The van der Waals surface area contributed by atoms with Crippen LogP contribution >= 0.6 is 0 Å². The lowest BCUT2D eigenvalue weighted by Gasteiger charge is -2.17. The zero-order chi connectivity index (χ0) is 27.3. The Kier molecular flexibility index (Phi) is 11.0. The Hall–Kier alpha value is -4.06. The SMILES string of the molecule is CCCCCCCCOC(=O)/C=C/c1cccc(-c2c(OC)ccc(C(=O)c3ccccc3)c2O)c1OC. The van der Waals surface area contributed by atoms with E-state index in [0.717, 1.165) is 19.3 Å². The second-order valence-electron chi connectivity index (χ2n) is 8.93. The number of esters is 1. The van der Waals surface area contributed by atoms with E-state index in [2.05, 4.69) is 6.92 Å². The van der Waals surface area contributed by atoms with Crippen LogP contribution in [0.4, 0.5) is 0 Å². The van der Waals surface area contributed by atoms with Crippen LogP contribution in [-0.2, 0) is 9.53 Å². The summed E-state index contributed by atoms with van der Waals surface area (Å²) in [4.78, 5) is 25.4. The first-order valence-electron chi connectivity index (χ1n) is 13.0. The molecular formula is C32H36O6. The highest BCUT2D eigenvalue weighted by molar-refractivity contribution is 6.12. The first-order chi connectivity index (χ1) is 18.5. The molecule has 0 atom stereocenters. The first kappa shape index (κ1) is 28.5. The summed E-state index contributed by atoms with van der Waals surface area (Å²) in [7, 11) is 3.00. The van der Waals surface area contributed by atoms with Crippen molar-refractivity contribution in [1.82, 2.24) is 0 Å². The number of carbonyl (C=O) groups is 2. The molecule has 0 aromatic heterocycles. The molecule has 0 saturated carbocycles.